The molecule has 0 bridgehead atoms. The first-order chi connectivity index (χ1) is 15.8. The van der Waals surface area contributed by atoms with Crippen LogP contribution < -0.4 is 10.5 Å². The van der Waals surface area contributed by atoms with Gasteiger partial charge in [-0.05, 0) is 37.3 Å². The molecule has 13 heteroatoms. The van der Waals surface area contributed by atoms with E-state index in [-0.39, 0.29) is 16.6 Å². The van der Waals surface area contributed by atoms with Crippen molar-refractivity contribution in [3.05, 3.63) is 54.4 Å². The summed E-state index contributed by atoms with van der Waals surface area (Å²) in [5, 5.41) is 17.0. The maximum Gasteiger partial charge on any atom is 0.238 e. The summed E-state index contributed by atoms with van der Waals surface area (Å²) < 4.78 is 27.1. The van der Waals surface area contributed by atoms with Gasteiger partial charge in [0.25, 0.3) is 0 Å². The lowest BCUT2D eigenvalue weighted by molar-refractivity contribution is -0.113. The van der Waals surface area contributed by atoms with Gasteiger partial charge < -0.3 is 9.88 Å². The van der Waals surface area contributed by atoms with E-state index >= 15 is 0 Å². The average Bonchev–Trinajstić information content (AvgIpc) is 3.38. The SMILES string of the molecule is CCn1c(CSc2nc3ccccc3s2)nnc1SCC(=O)Nc1cccc(S(N)(=O)=O)c1. The van der Waals surface area contributed by atoms with Crippen LogP contribution >= 0.6 is 34.9 Å². The number of fused-ring (bicyclic) bond motifs is 1. The van der Waals surface area contributed by atoms with Crippen molar-refractivity contribution in [2.24, 2.45) is 5.14 Å². The molecule has 0 atom stereocenters. The fourth-order valence-electron chi connectivity index (χ4n) is 2.97. The molecule has 4 aromatic rings. The van der Waals surface area contributed by atoms with E-state index in [0.717, 1.165) is 20.4 Å². The molecule has 0 unspecified atom stereocenters. The molecular formula is C20H20N6O3S4. The van der Waals surface area contributed by atoms with E-state index in [4.69, 9.17) is 5.14 Å². The van der Waals surface area contributed by atoms with Crippen molar-refractivity contribution in [2.45, 2.75) is 33.6 Å². The predicted molar refractivity (Wildman–Crippen MR) is 132 cm³/mol. The number of amides is 1. The topological polar surface area (TPSA) is 133 Å². The summed E-state index contributed by atoms with van der Waals surface area (Å²) >= 11 is 4.52. The predicted octanol–water partition coefficient (Wildman–Crippen LogP) is 3.58. The van der Waals surface area contributed by atoms with Crippen LogP contribution in [-0.2, 0) is 27.1 Å². The Hall–Kier alpha value is -2.45. The number of nitrogens with zero attached hydrogens (tertiary/aromatic N) is 4. The number of nitrogens with one attached hydrogen (secondary N) is 1. The number of hydrogen-bond donors (Lipinski definition) is 2. The van der Waals surface area contributed by atoms with Gasteiger partial charge in [-0.15, -0.1) is 21.5 Å². The standard InChI is InChI=1S/C20H20N6O3S4/c1-2-26-17(11-31-20-23-15-8-3-4-9-16(15)32-20)24-25-19(26)30-12-18(27)22-13-6-5-7-14(10-13)33(21,28)29/h3-10H,2,11-12H2,1H3,(H,22,27)(H2,21,28,29). The molecule has 2 aromatic carbocycles. The number of nitrogens with two attached hydrogens (primary N) is 1. The minimum atomic E-state index is -3.84. The minimum absolute atomic E-state index is 0.0612. The van der Waals surface area contributed by atoms with E-state index in [2.05, 4.69) is 26.6 Å². The Labute approximate surface area is 203 Å². The van der Waals surface area contributed by atoms with Gasteiger partial charge in [-0.2, -0.15) is 0 Å². The van der Waals surface area contributed by atoms with Crippen molar-refractivity contribution in [1.29, 1.82) is 0 Å². The van der Waals surface area contributed by atoms with Gasteiger partial charge >= 0.3 is 0 Å². The number of para-hydroxylation sites is 1. The fraction of sp³-hybridized carbons (Fsp3) is 0.200. The molecule has 2 aromatic heterocycles. The number of thiazole rings is 1. The lowest BCUT2D eigenvalue weighted by atomic mass is 10.3. The maximum atomic E-state index is 12.4. The first-order valence-electron chi connectivity index (χ1n) is 9.79. The number of carbonyl (C=O) groups excluding carboxylic acids is 1. The summed E-state index contributed by atoms with van der Waals surface area (Å²) in [6.07, 6.45) is 0. The summed E-state index contributed by atoms with van der Waals surface area (Å²) in [4.78, 5) is 16.9. The van der Waals surface area contributed by atoms with Gasteiger partial charge in [0.1, 0.15) is 5.82 Å². The minimum Gasteiger partial charge on any atom is -0.325 e. The molecule has 0 saturated carbocycles. The average molecular weight is 521 g/mol. The molecule has 3 N–H and O–H groups in total. The summed E-state index contributed by atoms with van der Waals surface area (Å²) in [6, 6.07) is 13.8. The zero-order chi connectivity index (χ0) is 23.4. The third-order valence-electron chi connectivity index (χ3n) is 4.49. The molecule has 0 spiro atoms. The first-order valence-corrected chi connectivity index (χ1v) is 14.1. The van der Waals surface area contributed by atoms with Crippen molar-refractivity contribution in [3.63, 3.8) is 0 Å². The molecule has 33 heavy (non-hydrogen) atoms. The van der Waals surface area contributed by atoms with Crippen molar-refractivity contribution in [2.75, 3.05) is 11.1 Å². The zero-order valence-electron chi connectivity index (χ0n) is 17.5. The molecule has 4 rings (SSSR count). The molecule has 0 fully saturated rings. The van der Waals surface area contributed by atoms with Crippen molar-refractivity contribution in [1.82, 2.24) is 19.7 Å². The molecular weight excluding hydrogens is 501 g/mol. The Bertz CT molecular complexity index is 1370. The lowest BCUT2D eigenvalue weighted by Crippen LogP contribution is -2.16. The molecule has 0 radical (unpaired) electrons. The number of anilines is 1. The van der Waals surface area contributed by atoms with Crippen LogP contribution in [0.25, 0.3) is 10.2 Å². The molecule has 2 heterocycles. The Balaban J connectivity index is 1.36. The molecule has 0 saturated heterocycles. The van der Waals surface area contributed by atoms with Gasteiger partial charge in [0.05, 0.1) is 26.6 Å². The molecule has 0 aliphatic carbocycles. The van der Waals surface area contributed by atoms with Crippen LogP contribution in [0.2, 0.25) is 0 Å². The number of thioether (sulfide) groups is 2. The highest BCUT2D eigenvalue weighted by Gasteiger charge is 2.15. The van der Waals surface area contributed by atoms with Gasteiger partial charge in [-0.1, -0.05) is 41.7 Å². The highest BCUT2D eigenvalue weighted by atomic mass is 32.2. The number of hydrogen-bond acceptors (Lipinski definition) is 9. The Morgan fingerprint density at radius 1 is 1.15 bits per heavy atom. The van der Waals surface area contributed by atoms with Crippen LogP contribution in [0.15, 0.2) is 62.9 Å². The smallest absolute Gasteiger partial charge is 0.238 e. The zero-order valence-corrected chi connectivity index (χ0v) is 20.7. The second-order valence-electron chi connectivity index (χ2n) is 6.79. The highest BCUT2D eigenvalue weighted by molar-refractivity contribution is 8.00. The van der Waals surface area contributed by atoms with Crippen LogP contribution in [0.5, 0.6) is 0 Å². The van der Waals surface area contributed by atoms with Gasteiger partial charge in [0, 0.05) is 12.2 Å². The molecule has 1 amide bonds. The number of aromatic nitrogens is 4. The van der Waals surface area contributed by atoms with Crippen molar-refractivity contribution < 1.29 is 13.2 Å². The van der Waals surface area contributed by atoms with Crippen LogP contribution in [0.1, 0.15) is 12.7 Å². The normalized spacial score (nSPS) is 11.7. The summed E-state index contributed by atoms with van der Waals surface area (Å²) in [5.74, 6) is 1.24. The van der Waals surface area contributed by atoms with E-state index in [1.807, 2.05) is 29.7 Å². The van der Waals surface area contributed by atoms with Crippen LogP contribution in [0.3, 0.4) is 0 Å². The number of rotatable bonds is 9. The lowest BCUT2D eigenvalue weighted by Gasteiger charge is -2.08. The third kappa shape index (κ3) is 5.92. The van der Waals surface area contributed by atoms with Crippen LogP contribution in [-0.4, -0.2) is 39.8 Å². The van der Waals surface area contributed by atoms with E-state index in [1.165, 1.54) is 30.0 Å². The van der Waals surface area contributed by atoms with E-state index in [0.29, 0.717) is 23.1 Å². The summed E-state index contributed by atoms with van der Waals surface area (Å²) in [6.45, 7) is 2.67. The Kier molecular flexibility index (Phi) is 7.34. The van der Waals surface area contributed by atoms with E-state index in [1.54, 1.807) is 29.2 Å². The van der Waals surface area contributed by atoms with E-state index < -0.39 is 10.0 Å². The summed E-state index contributed by atoms with van der Waals surface area (Å²) in [7, 11) is -3.84. The van der Waals surface area contributed by atoms with Gasteiger partial charge in [0.15, 0.2) is 9.50 Å². The van der Waals surface area contributed by atoms with E-state index in [9.17, 15) is 13.2 Å². The monoisotopic (exact) mass is 520 g/mol. The number of sulfonamides is 1. The van der Waals surface area contributed by atoms with Crippen LogP contribution in [0.4, 0.5) is 5.69 Å². The number of benzene rings is 2. The van der Waals surface area contributed by atoms with Gasteiger partial charge in [0.2, 0.25) is 15.9 Å². The number of carbonyl (C=O) groups is 1. The third-order valence-corrected chi connectivity index (χ3v) is 8.54. The Morgan fingerprint density at radius 3 is 2.73 bits per heavy atom. The van der Waals surface area contributed by atoms with Gasteiger partial charge in [-0.25, -0.2) is 18.5 Å². The highest BCUT2D eigenvalue weighted by Crippen LogP contribution is 2.31. The molecule has 172 valence electrons. The first kappa shape index (κ1) is 23.7. The Morgan fingerprint density at radius 2 is 1.97 bits per heavy atom. The van der Waals surface area contributed by atoms with Gasteiger partial charge in [-0.3, -0.25) is 4.79 Å². The quantitative estimate of drug-likeness (QED) is 0.320. The maximum absolute atomic E-state index is 12.4. The largest absolute Gasteiger partial charge is 0.325 e. The summed E-state index contributed by atoms with van der Waals surface area (Å²) in [5.41, 5.74) is 1.34. The number of primary sulfonamides is 1. The molecule has 9 nitrogen and oxygen atoms in total. The molecule has 0 aliphatic heterocycles. The fourth-order valence-corrected chi connectivity index (χ4v) is 6.36. The molecule has 0 aliphatic rings. The van der Waals surface area contributed by atoms with Crippen molar-refractivity contribution >= 4 is 66.7 Å². The second kappa shape index (κ2) is 10.2. The second-order valence-corrected chi connectivity index (χ2v) is 11.5. The van der Waals surface area contributed by atoms with Crippen LogP contribution in [0, 0.1) is 0 Å². The van der Waals surface area contributed by atoms with Crippen molar-refractivity contribution in [3.8, 4) is 0 Å².